The molecule has 0 heterocycles. The Kier molecular flexibility index (Phi) is 4.49. The van der Waals surface area contributed by atoms with E-state index in [0.717, 1.165) is 6.08 Å². The molecule has 0 radical (unpaired) electrons. The number of amides is 1. The third kappa shape index (κ3) is 4.24. The first kappa shape index (κ1) is 10.8. The molecule has 0 saturated heterocycles. The molecular formula is C5H4Cl3NO2. The van der Waals surface area contributed by atoms with E-state index in [2.05, 4.69) is 0 Å². The molecule has 0 aromatic heterocycles. The second kappa shape index (κ2) is 4.59. The maximum Gasteiger partial charge on any atom is 0.243 e. The highest BCUT2D eigenvalue weighted by Gasteiger charge is 2.15. The van der Waals surface area contributed by atoms with Crippen molar-refractivity contribution in [2.24, 2.45) is 5.73 Å². The van der Waals surface area contributed by atoms with Crippen molar-refractivity contribution < 1.29 is 9.59 Å². The molecule has 3 nitrogen and oxygen atoms in total. The Morgan fingerprint density at radius 1 is 1.36 bits per heavy atom. The molecule has 0 fully saturated rings. The van der Waals surface area contributed by atoms with Crippen molar-refractivity contribution in [2.45, 2.75) is 4.84 Å². The Labute approximate surface area is 78.1 Å². The quantitative estimate of drug-likeness (QED) is 0.564. The van der Waals surface area contributed by atoms with Gasteiger partial charge in [0.1, 0.15) is 0 Å². The van der Waals surface area contributed by atoms with Crippen LogP contribution in [0.15, 0.2) is 11.1 Å². The summed E-state index contributed by atoms with van der Waals surface area (Å²) in [5.41, 5.74) is 4.69. The lowest BCUT2D eigenvalue weighted by Crippen LogP contribution is -2.12. The summed E-state index contributed by atoms with van der Waals surface area (Å²) >= 11 is 15.6. The van der Waals surface area contributed by atoms with Crippen molar-refractivity contribution in [3.8, 4) is 0 Å². The fourth-order valence-corrected chi connectivity index (χ4v) is 0.864. The van der Waals surface area contributed by atoms with Crippen LogP contribution < -0.4 is 5.73 Å². The van der Waals surface area contributed by atoms with Crippen LogP contribution in [-0.2, 0) is 9.59 Å². The van der Waals surface area contributed by atoms with Gasteiger partial charge in [-0.2, -0.15) is 0 Å². The Morgan fingerprint density at radius 2 is 1.82 bits per heavy atom. The van der Waals surface area contributed by atoms with Gasteiger partial charge in [0.05, 0.1) is 5.03 Å². The third-order valence-corrected chi connectivity index (χ3v) is 1.39. The van der Waals surface area contributed by atoms with Crippen LogP contribution in [0.25, 0.3) is 0 Å². The van der Waals surface area contributed by atoms with E-state index < -0.39 is 16.5 Å². The first-order valence-electron chi connectivity index (χ1n) is 2.44. The molecule has 0 aliphatic rings. The van der Waals surface area contributed by atoms with Crippen molar-refractivity contribution in [3.63, 3.8) is 0 Å². The minimum atomic E-state index is -1.27. The third-order valence-electron chi connectivity index (χ3n) is 0.703. The molecular weight excluding hydrogens is 212 g/mol. The van der Waals surface area contributed by atoms with Crippen LogP contribution in [0.1, 0.15) is 0 Å². The lowest BCUT2D eigenvalue weighted by molar-refractivity contribution is -0.115. The fraction of sp³-hybridized carbons (Fsp3) is 0.200. The molecule has 0 bridgehead atoms. The summed E-state index contributed by atoms with van der Waals surface area (Å²) in [7, 11) is 0. The van der Waals surface area contributed by atoms with E-state index in [-0.39, 0.29) is 5.03 Å². The number of Topliss-reactive ketones (excluding diaryl/α,β-unsaturated/α-hetero) is 1. The van der Waals surface area contributed by atoms with E-state index in [9.17, 15) is 9.59 Å². The van der Waals surface area contributed by atoms with Gasteiger partial charge < -0.3 is 5.73 Å². The number of hydrogen-bond donors (Lipinski definition) is 1. The predicted molar refractivity (Wildman–Crippen MR) is 43.6 cm³/mol. The molecule has 62 valence electrons. The molecule has 6 heteroatoms. The van der Waals surface area contributed by atoms with Crippen molar-refractivity contribution >= 4 is 46.5 Å². The van der Waals surface area contributed by atoms with Crippen LogP contribution in [0.5, 0.6) is 0 Å². The van der Waals surface area contributed by atoms with E-state index >= 15 is 0 Å². The summed E-state index contributed by atoms with van der Waals surface area (Å²) in [6, 6.07) is 0. The lowest BCUT2D eigenvalue weighted by atomic mass is 10.3. The average Bonchev–Trinajstić information content (AvgIpc) is 1.84. The van der Waals surface area contributed by atoms with E-state index in [0.29, 0.717) is 0 Å². The molecule has 0 spiro atoms. The highest BCUT2D eigenvalue weighted by molar-refractivity contribution is 6.60. The van der Waals surface area contributed by atoms with Gasteiger partial charge in [-0.3, -0.25) is 9.59 Å². The van der Waals surface area contributed by atoms with Crippen LogP contribution in [0.2, 0.25) is 0 Å². The number of carbonyl (C=O) groups is 2. The number of nitrogens with two attached hydrogens (primary N) is 1. The van der Waals surface area contributed by atoms with E-state index in [4.69, 9.17) is 40.5 Å². The van der Waals surface area contributed by atoms with Gasteiger partial charge in [-0.15, -0.1) is 0 Å². The average molecular weight is 216 g/mol. The lowest BCUT2D eigenvalue weighted by Gasteiger charge is -1.95. The van der Waals surface area contributed by atoms with Crippen LogP contribution in [-0.4, -0.2) is 16.5 Å². The number of carbonyl (C=O) groups excluding carboxylic acids is 2. The molecule has 0 saturated carbocycles. The minimum absolute atomic E-state index is 0.368. The van der Waals surface area contributed by atoms with Gasteiger partial charge in [0, 0.05) is 6.08 Å². The van der Waals surface area contributed by atoms with Gasteiger partial charge in [0.15, 0.2) is 4.84 Å². The summed E-state index contributed by atoms with van der Waals surface area (Å²) in [5, 5.41) is -0.368. The van der Waals surface area contributed by atoms with Gasteiger partial charge in [0.2, 0.25) is 11.7 Å². The summed E-state index contributed by atoms with van der Waals surface area (Å²) in [6.07, 6.45) is 0.752. The topological polar surface area (TPSA) is 60.2 Å². The number of rotatable bonds is 3. The summed E-state index contributed by atoms with van der Waals surface area (Å²) < 4.78 is 0. The molecule has 11 heavy (non-hydrogen) atoms. The molecule has 0 aromatic rings. The monoisotopic (exact) mass is 215 g/mol. The fourth-order valence-electron chi connectivity index (χ4n) is 0.300. The Balaban J connectivity index is 4.36. The summed E-state index contributed by atoms with van der Waals surface area (Å²) in [5.74, 6) is -1.56. The number of alkyl halides is 2. The summed E-state index contributed by atoms with van der Waals surface area (Å²) in [4.78, 5) is 19.6. The zero-order valence-electron chi connectivity index (χ0n) is 5.18. The highest BCUT2D eigenvalue weighted by Crippen LogP contribution is 2.12. The van der Waals surface area contributed by atoms with E-state index in [1.54, 1.807) is 0 Å². The van der Waals surface area contributed by atoms with Crippen molar-refractivity contribution in [1.82, 2.24) is 0 Å². The van der Waals surface area contributed by atoms with E-state index in [1.165, 1.54) is 0 Å². The van der Waals surface area contributed by atoms with E-state index in [1.807, 2.05) is 0 Å². The molecule has 0 aliphatic carbocycles. The summed E-state index contributed by atoms with van der Waals surface area (Å²) in [6.45, 7) is 0. The maximum atomic E-state index is 10.7. The number of halogens is 3. The molecule has 0 rings (SSSR count). The highest BCUT2D eigenvalue weighted by atomic mass is 35.5. The van der Waals surface area contributed by atoms with Crippen molar-refractivity contribution in [2.75, 3.05) is 0 Å². The second-order valence-corrected chi connectivity index (χ2v) is 3.06. The minimum Gasteiger partial charge on any atom is -0.366 e. The SMILES string of the molecule is NC(=O)/C=C(/Cl)C(=O)C(Cl)Cl. The zero-order valence-corrected chi connectivity index (χ0v) is 7.45. The normalized spacial score (nSPS) is 11.8. The van der Waals surface area contributed by atoms with Crippen molar-refractivity contribution in [1.29, 1.82) is 0 Å². The number of allylic oxidation sites excluding steroid dienone is 1. The predicted octanol–water partition coefficient (Wildman–Crippen LogP) is 0.967. The van der Waals surface area contributed by atoms with Gasteiger partial charge in [-0.25, -0.2) is 0 Å². The van der Waals surface area contributed by atoms with Gasteiger partial charge in [0.25, 0.3) is 0 Å². The molecule has 1 amide bonds. The molecule has 0 aliphatic heterocycles. The number of hydrogen-bond acceptors (Lipinski definition) is 2. The molecule has 0 atom stereocenters. The van der Waals surface area contributed by atoms with Crippen LogP contribution >= 0.6 is 34.8 Å². The molecule has 0 aromatic carbocycles. The first-order valence-corrected chi connectivity index (χ1v) is 3.69. The second-order valence-electron chi connectivity index (χ2n) is 1.56. The zero-order chi connectivity index (χ0) is 9.02. The van der Waals surface area contributed by atoms with Crippen LogP contribution in [0, 0.1) is 0 Å². The number of primary amides is 1. The maximum absolute atomic E-state index is 10.7. The Morgan fingerprint density at radius 3 is 2.09 bits per heavy atom. The first-order chi connectivity index (χ1) is 4.95. The molecule has 0 unspecified atom stereocenters. The largest absolute Gasteiger partial charge is 0.366 e. The standard InChI is InChI=1S/C5H4Cl3NO2/c6-2(1-3(9)10)4(11)5(7)8/h1,5H,(H2,9,10)/b2-1+. The smallest absolute Gasteiger partial charge is 0.243 e. The number of ketones is 1. The van der Waals surface area contributed by atoms with Crippen LogP contribution in [0.3, 0.4) is 0 Å². The van der Waals surface area contributed by atoms with Gasteiger partial charge in [-0.1, -0.05) is 34.8 Å². The van der Waals surface area contributed by atoms with Gasteiger partial charge >= 0.3 is 0 Å². The van der Waals surface area contributed by atoms with Crippen LogP contribution in [0.4, 0.5) is 0 Å². The molecule has 2 N–H and O–H groups in total. The Bertz CT molecular complexity index is 212. The van der Waals surface area contributed by atoms with Gasteiger partial charge in [-0.05, 0) is 0 Å². The Hall–Kier alpha value is -0.250. The van der Waals surface area contributed by atoms with Crippen molar-refractivity contribution in [3.05, 3.63) is 11.1 Å².